The number of ether oxygens (including phenoxy) is 1. The molecule has 2 atom stereocenters. The van der Waals surface area contributed by atoms with Crippen LogP contribution in [-0.4, -0.2) is 27.2 Å². The SMILES string of the molecule is COc1cccc(C(C)S(=O)c2ncccc2C(=O)Nc2ccncc2)c1. The molecule has 138 valence electrons. The number of nitrogens with one attached hydrogen (secondary N) is 1. The van der Waals surface area contributed by atoms with Gasteiger partial charge in [-0.1, -0.05) is 12.1 Å². The predicted molar refractivity (Wildman–Crippen MR) is 104 cm³/mol. The Morgan fingerprint density at radius 2 is 1.89 bits per heavy atom. The summed E-state index contributed by atoms with van der Waals surface area (Å²) in [5, 5.41) is 2.67. The Bertz CT molecular complexity index is 963. The first-order valence-corrected chi connectivity index (χ1v) is 9.52. The topological polar surface area (TPSA) is 81.2 Å². The minimum atomic E-state index is -1.52. The van der Waals surface area contributed by atoms with E-state index in [1.54, 1.807) is 43.8 Å². The molecule has 1 N–H and O–H groups in total. The molecule has 2 unspecified atom stereocenters. The Hall–Kier alpha value is -3.06. The third-order valence-corrected chi connectivity index (χ3v) is 5.65. The molecule has 0 fully saturated rings. The Labute approximate surface area is 160 Å². The van der Waals surface area contributed by atoms with Gasteiger partial charge in [-0.15, -0.1) is 0 Å². The average molecular weight is 381 g/mol. The zero-order valence-electron chi connectivity index (χ0n) is 15.0. The molecule has 7 heteroatoms. The van der Waals surface area contributed by atoms with Crippen molar-refractivity contribution in [3.63, 3.8) is 0 Å². The van der Waals surface area contributed by atoms with E-state index in [1.807, 2.05) is 31.2 Å². The van der Waals surface area contributed by atoms with Crippen LogP contribution in [0.1, 0.15) is 28.1 Å². The van der Waals surface area contributed by atoms with E-state index >= 15 is 0 Å². The molecule has 0 radical (unpaired) electrons. The monoisotopic (exact) mass is 381 g/mol. The molecule has 1 amide bonds. The van der Waals surface area contributed by atoms with Crippen LogP contribution in [0.25, 0.3) is 0 Å². The zero-order valence-corrected chi connectivity index (χ0v) is 15.8. The lowest BCUT2D eigenvalue weighted by Crippen LogP contribution is -2.17. The number of nitrogens with zero attached hydrogens (tertiary/aromatic N) is 2. The number of aromatic nitrogens is 2. The summed E-state index contributed by atoms with van der Waals surface area (Å²) in [7, 11) is 0.0650. The molecule has 2 aromatic heterocycles. The van der Waals surface area contributed by atoms with E-state index in [0.717, 1.165) is 5.56 Å². The summed E-state index contributed by atoms with van der Waals surface area (Å²) in [6, 6.07) is 14.0. The Morgan fingerprint density at radius 1 is 1.11 bits per heavy atom. The van der Waals surface area contributed by atoms with E-state index in [0.29, 0.717) is 11.4 Å². The summed E-state index contributed by atoms with van der Waals surface area (Å²) >= 11 is 0. The standard InChI is InChI=1S/C20H19N3O3S/c1-14(15-5-3-6-17(13-15)26-2)27(25)20-18(7-4-10-22-20)19(24)23-16-8-11-21-12-9-16/h3-14H,1-2H3,(H,21,23,24). The first-order valence-electron chi connectivity index (χ1n) is 8.31. The minimum absolute atomic E-state index is 0.249. The van der Waals surface area contributed by atoms with E-state index < -0.39 is 10.8 Å². The minimum Gasteiger partial charge on any atom is -0.497 e. The maximum absolute atomic E-state index is 13.1. The number of benzene rings is 1. The summed E-state index contributed by atoms with van der Waals surface area (Å²) in [6.45, 7) is 1.84. The van der Waals surface area contributed by atoms with Crippen molar-refractivity contribution in [2.75, 3.05) is 12.4 Å². The maximum Gasteiger partial charge on any atom is 0.258 e. The van der Waals surface area contributed by atoms with Crippen molar-refractivity contribution < 1.29 is 13.7 Å². The molecule has 3 aromatic rings. The Morgan fingerprint density at radius 3 is 2.63 bits per heavy atom. The summed E-state index contributed by atoms with van der Waals surface area (Å²) in [6.07, 6.45) is 4.71. The second-order valence-corrected chi connectivity index (χ2v) is 7.45. The van der Waals surface area contributed by atoms with Gasteiger partial charge in [-0.05, 0) is 48.9 Å². The van der Waals surface area contributed by atoms with Gasteiger partial charge in [0.15, 0.2) is 0 Å². The predicted octanol–water partition coefficient (Wildman–Crippen LogP) is 3.61. The quantitative estimate of drug-likeness (QED) is 0.705. The zero-order chi connectivity index (χ0) is 19.2. The molecule has 0 saturated carbocycles. The normalized spacial score (nSPS) is 12.8. The van der Waals surface area contributed by atoms with Crippen LogP contribution in [-0.2, 0) is 10.8 Å². The second kappa shape index (κ2) is 8.55. The highest BCUT2D eigenvalue weighted by atomic mass is 32.2. The molecular weight excluding hydrogens is 362 g/mol. The molecule has 0 aliphatic rings. The Kier molecular flexibility index (Phi) is 5.93. The van der Waals surface area contributed by atoms with E-state index in [9.17, 15) is 9.00 Å². The largest absolute Gasteiger partial charge is 0.497 e. The Balaban J connectivity index is 1.88. The highest BCUT2D eigenvalue weighted by Crippen LogP contribution is 2.28. The van der Waals surface area contributed by atoms with Gasteiger partial charge in [-0.2, -0.15) is 0 Å². The number of pyridine rings is 2. The lowest BCUT2D eigenvalue weighted by atomic mass is 10.1. The van der Waals surface area contributed by atoms with Gasteiger partial charge >= 0.3 is 0 Å². The van der Waals surface area contributed by atoms with Crippen LogP contribution < -0.4 is 10.1 Å². The molecule has 6 nitrogen and oxygen atoms in total. The fourth-order valence-electron chi connectivity index (χ4n) is 2.54. The van der Waals surface area contributed by atoms with Gasteiger partial charge in [0, 0.05) is 24.3 Å². The van der Waals surface area contributed by atoms with Gasteiger partial charge < -0.3 is 10.1 Å². The average Bonchev–Trinajstić information content (AvgIpc) is 2.73. The number of carbonyl (C=O) groups excluding carboxylic acids is 1. The maximum atomic E-state index is 13.1. The van der Waals surface area contributed by atoms with Crippen LogP contribution in [0, 0.1) is 0 Å². The lowest BCUT2D eigenvalue weighted by Gasteiger charge is -2.15. The first kappa shape index (κ1) is 18.7. The molecule has 0 bridgehead atoms. The molecular formula is C20H19N3O3S. The summed E-state index contributed by atoms with van der Waals surface area (Å²) in [4.78, 5) is 20.8. The molecule has 0 spiro atoms. The van der Waals surface area contributed by atoms with Crippen molar-refractivity contribution in [2.45, 2.75) is 17.2 Å². The first-order chi connectivity index (χ1) is 13.1. The van der Waals surface area contributed by atoms with Gasteiger partial charge in [0.05, 0.1) is 28.7 Å². The van der Waals surface area contributed by atoms with E-state index in [2.05, 4.69) is 15.3 Å². The number of amides is 1. The van der Waals surface area contributed by atoms with E-state index in [1.165, 1.54) is 6.20 Å². The van der Waals surface area contributed by atoms with Crippen molar-refractivity contribution in [2.24, 2.45) is 0 Å². The number of hydrogen-bond acceptors (Lipinski definition) is 5. The fraction of sp³-hybridized carbons (Fsp3) is 0.150. The van der Waals surface area contributed by atoms with Crippen molar-refractivity contribution in [3.05, 3.63) is 78.2 Å². The number of hydrogen-bond donors (Lipinski definition) is 1. The highest BCUT2D eigenvalue weighted by Gasteiger charge is 2.23. The number of rotatable bonds is 6. The number of methoxy groups -OCH3 is 1. The van der Waals surface area contributed by atoms with Crippen LogP contribution in [0.3, 0.4) is 0 Å². The fourth-order valence-corrected chi connectivity index (χ4v) is 3.81. The molecule has 2 heterocycles. The van der Waals surface area contributed by atoms with Gasteiger partial charge in [-0.3, -0.25) is 14.0 Å². The lowest BCUT2D eigenvalue weighted by molar-refractivity contribution is 0.102. The van der Waals surface area contributed by atoms with Crippen molar-refractivity contribution in [1.29, 1.82) is 0 Å². The molecule has 27 heavy (non-hydrogen) atoms. The molecule has 3 rings (SSSR count). The van der Waals surface area contributed by atoms with Gasteiger partial charge in [0.2, 0.25) is 0 Å². The van der Waals surface area contributed by atoms with Crippen LogP contribution in [0.4, 0.5) is 5.69 Å². The third-order valence-electron chi connectivity index (χ3n) is 4.03. The number of anilines is 1. The molecule has 0 saturated heterocycles. The van der Waals surface area contributed by atoms with Gasteiger partial charge in [-0.25, -0.2) is 4.98 Å². The van der Waals surface area contributed by atoms with Crippen molar-refractivity contribution in [3.8, 4) is 5.75 Å². The van der Waals surface area contributed by atoms with Gasteiger partial charge in [0.25, 0.3) is 5.91 Å². The summed E-state index contributed by atoms with van der Waals surface area (Å²) in [5.41, 5.74) is 1.73. The molecule has 0 aliphatic heterocycles. The van der Waals surface area contributed by atoms with Crippen LogP contribution in [0.2, 0.25) is 0 Å². The number of carbonyl (C=O) groups is 1. The molecule has 1 aromatic carbocycles. The molecule has 0 aliphatic carbocycles. The van der Waals surface area contributed by atoms with E-state index in [4.69, 9.17) is 4.74 Å². The van der Waals surface area contributed by atoms with Crippen molar-refractivity contribution in [1.82, 2.24) is 9.97 Å². The van der Waals surface area contributed by atoms with Gasteiger partial charge in [0.1, 0.15) is 10.8 Å². The highest BCUT2D eigenvalue weighted by molar-refractivity contribution is 7.85. The third kappa shape index (κ3) is 4.38. The smallest absolute Gasteiger partial charge is 0.258 e. The summed E-state index contributed by atoms with van der Waals surface area (Å²) in [5.74, 6) is 0.323. The van der Waals surface area contributed by atoms with E-state index in [-0.39, 0.29) is 21.7 Å². The van der Waals surface area contributed by atoms with Crippen molar-refractivity contribution >= 4 is 22.4 Å². The van der Waals surface area contributed by atoms with Crippen LogP contribution >= 0.6 is 0 Å². The van der Waals surface area contributed by atoms with Crippen LogP contribution in [0.15, 0.2) is 72.1 Å². The van der Waals surface area contributed by atoms with Crippen LogP contribution in [0.5, 0.6) is 5.75 Å². The second-order valence-electron chi connectivity index (χ2n) is 5.76. The summed E-state index contributed by atoms with van der Waals surface area (Å²) < 4.78 is 18.4.